The molecule has 0 N–H and O–H groups in total. The van der Waals surface area contributed by atoms with Gasteiger partial charge in [-0.1, -0.05) is 47.1 Å². The van der Waals surface area contributed by atoms with Crippen LogP contribution in [-0.4, -0.2) is 42.6 Å². The lowest BCUT2D eigenvalue weighted by atomic mass is 10.1. The third kappa shape index (κ3) is 3.68. The number of nitrogens with zero attached hydrogens (tertiary/aromatic N) is 3. The molecule has 28 heavy (non-hydrogen) atoms. The number of halogens is 1. The van der Waals surface area contributed by atoms with E-state index in [9.17, 15) is 8.42 Å². The van der Waals surface area contributed by atoms with Crippen molar-refractivity contribution < 1.29 is 17.7 Å². The Bertz CT molecular complexity index is 1100. The van der Waals surface area contributed by atoms with Crippen LogP contribution >= 0.6 is 11.6 Å². The second-order valence-corrected chi connectivity index (χ2v) is 8.83. The van der Waals surface area contributed by atoms with Gasteiger partial charge in [-0.15, -0.1) is 0 Å². The summed E-state index contributed by atoms with van der Waals surface area (Å²) >= 11 is 5.95. The van der Waals surface area contributed by atoms with Crippen LogP contribution in [0.3, 0.4) is 0 Å². The highest BCUT2D eigenvalue weighted by Crippen LogP contribution is 2.28. The monoisotopic (exact) mass is 419 g/mol. The summed E-state index contributed by atoms with van der Waals surface area (Å²) in [4.78, 5) is 4.57. The van der Waals surface area contributed by atoms with Gasteiger partial charge in [0.05, 0.1) is 11.5 Å². The SMILES string of the molecule is Cc1ccccc1-c1noc([C@@H]2CN(S(=O)(=O)c3cccc(Cl)c3)CCO2)n1. The minimum Gasteiger partial charge on any atom is -0.366 e. The molecule has 9 heteroatoms. The Hall–Kier alpha value is -2.26. The number of hydrogen-bond acceptors (Lipinski definition) is 6. The van der Waals surface area contributed by atoms with E-state index in [0.717, 1.165) is 11.1 Å². The van der Waals surface area contributed by atoms with E-state index in [1.807, 2.05) is 31.2 Å². The zero-order valence-electron chi connectivity index (χ0n) is 15.1. The Balaban J connectivity index is 1.57. The molecule has 0 amide bonds. The van der Waals surface area contributed by atoms with E-state index < -0.39 is 16.1 Å². The highest BCUT2D eigenvalue weighted by molar-refractivity contribution is 7.89. The molecule has 0 aliphatic carbocycles. The molecule has 0 radical (unpaired) electrons. The van der Waals surface area contributed by atoms with Gasteiger partial charge in [-0.2, -0.15) is 9.29 Å². The van der Waals surface area contributed by atoms with E-state index in [0.29, 0.717) is 10.8 Å². The molecule has 1 fully saturated rings. The Morgan fingerprint density at radius 2 is 2.00 bits per heavy atom. The van der Waals surface area contributed by atoms with Crippen LogP contribution in [0.25, 0.3) is 11.4 Å². The van der Waals surface area contributed by atoms with Crippen LogP contribution in [0.4, 0.5) is 0 Å². The highest BCUT2D eigenvalue weighted by Gasteiger charge is 2.34. The number of sulfonamides is 1. The van der Waals surface area contributed by atoms with E-state index >= 15 is 0 Å². The smallest absolute Gasteiger partial charge is 0.257 e. The topological polar surface area (TPSA) is 85.5 Å². The maximum Gasteiger partial charge on any atom is 0.257 e. The van der Waals surface area contributed by atoms with Gasteiger partial charge in [-0.3, -0.25) is 0 Å². The molecular weight excluding hydrogens is 402 g/mol. The molecule has 1 aliphatic heterocycles. The van der Waals surface area contributed by atoms with Crippen molar-refractivity contribution in [1.82, 2.24) is 14.4 Å². The average molecular weight is 420 g/mol. The fraction of sp³-hybridized carbons (Fsp3) is 0.263. The van der Waals surface area contributed by atoms with Gasteiger partial charge in [0.25, 0.3) is 5.89 Å². The van der Waals surface area contributed by atoms with Gasteiger partial charge in [0.1, 0.15) is 0 Å². The lowest BCUT2D eigenvalue weighted by Crippen LogP contribution is -2.42. The van der Waals surface area contributed by atoms with Crippen LogP contribution in [0.1, 0.15) is 17.6 Å². The molecule has 1 saturated heterocycles. The molecular formula is C19H18ClN3O4S. The molecule has 146 valence electrons. The summed E-state index contributed by atoms with van der Waals surface area (Å²) in [7, 11) is -3.70. The maximum atomic E-state index is 12.9. The lowest BCUT2D eigenvalue weighted by molar-refractivity contribution is -0.0199. The quantitative estimate of drug-likeness (QED) is 0.643. The van der Waals surface area contributed by atoms with E-state index in [1.165, 1.54) is 16.4 Å². The number of benzene rings is 2. The fourth-order valence-electron chi connectivity index (χ4n) is 3.07. The normalized spacial score (nSPS) is 18.3. The third-order valence-corrected chi connectivity index (χ3v) is 6.66. The van der Waals surface area contributed by atoms with Gasteiger partial charge < -0.3 is 9.26 Å². The van der Waals surface area contributed by atoms with Crippen LogP contribution < -0.4 is 0 Å². The van der Waals surface area contributed by atoms with E-state index in [-0.39, 0.29) is 30.5 Å². The Morgan fingerprint density at radius 1 is 1.18 bits per heavy atom. The van der Waals surface area contributed by atoms with Crippen LogP contribution in [-0.2, 0) is 14.8 Å². The molecule has 1 atom stereocenters. The zero-order valence-corrected chi connectivity index (χ0v) is 16.7. The molecule has 0 saturated carbocycles. The summed E-state index contributed by atoms with van der Waals surface area (Å²) in [5.41, 5.74) is 1.88. The highest BCUT2D eigenvalue weighted by atomic mass is 35.5. The number of ether oxygens (including phenoxy) is 1. The molecule has 1 aromatic heterocycles. The van der Waals surface area contributed by atoms with Gasteiger partial charge in [-0.25, -0.2) is 8.42 Å². The van der Waals surface area contributed by atoms with Crippen LogP contribution in [0, 0.1) is 6.92 Å². The second-order valence-electron chi connectivity index (χ2n) is 6.45. The predicted molar refractivity (Wildman–Crippen MR) is 103 cm³/mol. The van der Waals surface area contributed by atoms with Crippen molar-refractivity contribution >= 4 is 21.6 Å². The average Bonchev–Trinajstić information content (AvgIpc) is 3.18. The molecule has 0 unspecified atom stereocenters. The Kier molecular flexibility index (Phi) is 5.20. The van der Waals surface area contributed by atoms with Crippen molar-refractivity contribution in [3.63, 3.8) is 0 Å². The molecule has 7 nitrogen and oxygen atoms in total. The summed E-state index contributed by atoms with van der Waals surface area (Å²) in [5, 5.41) is 4.39. The minimum absolute atomic E-state index is 0.0876. The number of aromatic nitrogens is 2. The summed E-state index contributed by atoms with van der Waals surface area (Å²) in [5.74, 6) is 0.704. The molecule has 0 spiro atoms. The van der Waals surface area contributed by atoms with Gasteiger partial charge in [0.2, 0.25) is 15.8 Å². The van der Waals surface area contributed by atoms with E-state index in [4.69, 9.17) is 20.9 Å². The van der Waals surface area contributed by atoms with Crippen LogP contribution in [0.15, 0.2) is 57.9 Å². The number of aryl methyl sites for hydroxylation is 1. The van der Waals surface area contributed by atoms with Crippen molar-refractivity contribution in [1.29, 1.82) is 0 Å². The van der Waals surface area contributed by atoms with Gasteiger partial charge in [0, 0.05) is 23.7 Å². The van der Waals surface area contributed by atoms with Crippen LogP contribution in [0.2, 0.25) is 5.02 Å². The first-order valence-corrected chi connectivity index (χ1v) is 10.5. The summed E-state index contributed by atoms with van der Waals surface area (Å²) in [6, 6.07) is 13.9. The molecule has 3 aromatic rings. The fourth-order valence-corrected chi connectivity index (χ4v) is 4.80. The number of rotatable bonds is 4. The zero-order chi connectivity index (χ0) is 19.7. The first kappa shape index (κ1) is 19.1. The van der Waals surface area contributed by atoms with Crippen molar-refractivity contribution in [2.75, 3.05) is 19.7 Å². The largest absolute Gasteiger partial charge is 0.366 e. The molecule has 2 aromatic carbocycles. The number of morpholine rings is 1. The van der Waals surface area contributed by atoms with Crippen LogP contribution in [0.5, 0.6) is 0 Å². The molecule has 1 aliphatic rings. The Labute approximate surface area is 167 Å². The van der Waals surface area contributed by atoms with Gasteiger partial charge in [-0.05, 0) is 30.7 Å². The summed E-state index contributed by atoms with van der Waals surface area (Å²) < 4.78 is 38.3. The number of hydrogen-bond donors (Lipinski definition) is 0. The van der Waals surface area contributed by atoms with E-state index in [1.54, 1.807) is 12.1 Å². The van der Waals surface area contributed by atoms with E-state index in [2.05, 4.69) is 10.1 Å². The predicted octanol–water partition coefficient (Wildman–Crippen LogP) is 3.46. The van der Waals surface area contributed by atoms with Crippen molar-refractivity contribution in [3.05, 3.63) is 65.0 Å². The summed E-state index contributed by atoms with van der Waals surface area (Å²) in [6.45, 7) is 2.52. The standard InChI is InChI=1S/C19H18ClN3O4S/c1-13-5-2-3-8-16(13)18-21-19(27-22-18)17-12-23(9-10-26-17)28(24,25)15-7-4-6-14(20)11-15/h2-8,11,17H,9-10,12H2,1H3/t17-/m0/s1. The molecule has 4 rings (SSSR count). The van der Waals surface area contributed by atoms with Gasteiger partial charge in [0.15, 0.2) is 6.10 Å². The van der Waals surface area contributed by atoms with Crippen molar-refractivity contribution in [2.45, 2.75) is 17.9 Å². The molecule has 0 bridgehead atoms. The first-order chi connectivity index (χ1) is 13.4. The maximum absolute atomic E-state index is 12.9. The van der Waals surface area contributed by atoms with Crippen molar-refractivity contribution in [2.24, 2.45) is 0 Å². The lowest BCUT2D eigenvalue weighted by Gasteiger charge is -2.30. The second kappa shape index (κ2) is 7.63. The van der Waals surface area contributed by atoms with Crippen molar-refractivity contribution in [3.8, 4) is 11.4 Å². The summed E-state index contributed by atoms with van der Waals surface area (Å²) in [6.07, 6.45) is -0.632. The Morgan fingerprint density at radius 3 is 2.79 bits per heavy atom. The minimum atomic E-state index is -3.70. The third-order valence-electron chi connectivity index (χ3n) is 4.57. The molecule has 2 heterocycles. The van der Waals surface area contributed by atoms with Gasteiger partial charge >= 0.3 is 0 Å². The first-order valence-electron chi connectivity index (χ1n) is 8.72.